The Morgan fingerprint density at radius 2 is 1.64 bits per heavy atom. The van der Waals surface area contributed by atoms with Gasteiger partial charge < -0.3 is 15.1 Å². The van der Waals surface area contributed by atoms with Gasteiger partial charge in [-0.1, -0.05) is 12.2 Å². The van der Waals surface area contributed by atoms with Crippen molar-refractivity contribution in [1.29, 1.82) is 0 Å². The van der Waals surface area contributed by atoms with E-state index in [0.29, 0.717) is 17.4 Å². The third-order valence-electron chi connectivity index (χ3n) is 1.01. The van der Waals surface area contributed by atoms with Crippen LogP contribution in [0.2, 0.25) is 0 Å². The number of hydrogen-bond acceptors (Lipinski definition) is 3. The van der Waals surface area contributed by atoms with Crippen LogP contribution in [0.1, 0.15) is 0 Å². The van der Waals surface area contributed by atoms with Gasteiger partial charge in [-0.2, -0.15) is 0 Å². The first-order chi connectivity index (χ1) is 4.72. The molecule has 0 fully saturated rings. The fourth-order valence-corrected chi connectivity index (χ4v) is 0.927. The SMILES string of the molecule is OCCN(CCO)C(=S)S.[Zn]. The molecule has 0 aromatic heterocycles. The van der Waals surface area contributed by atoms with Crippen LogP contribution in [0.25, 0.3) is 0 Å². The molecule has 0 heterocycles. The summed E-state index contributed by atoms with van der Waals surface area (Å²) in [7, 11) is 0. The Morgan fingerprint density at radius 3 is 1.82 bits per heavy atom. The topological polar surface area (TPSA) is 43.7 Å². The maximum absolute atomic E-state index is 8.50. The molecule has 0 saturated heterocycles. The molecule has 0 aliphatic rings. The van der Waals surface area contributed by atoms with Gasteiger partial charge in [0, 0.05) is 32.6 Å². The van der Waals surface area contributed by atoms with Crippen molar-refractivity contribution < 1.29 is 29.7 Å². The largest absolute Gasteiger partial charge is 0.395 e. The van der Waals surface area contributed by atoms with E-state index >= 15 is 0 Å². The number of hydrogen-bond donors (Lipinski definition) is 3. The number of nitrogens with zero attached hydrogens (tertiary/aromatic N) is 1. The van der Waals surface area contributed by atoms with E-state index < -0.39 is 0 Å². The van der Waals surface area contributed by atoms with Gasteiger partial charge in [0.2, 0.25) is 0 Å². The molecular formula is C5H11NO2S2Zn. The van der Waals surface area contributed by atoms with E-state index in [0.717, 1.165) is 0 Å². The summed E-state index contributed by atoms with van der Waals surface area (Å²) in [5.41, 5.74) is 0. The van der Waals surface area contributed by atoms with E-state index in [1.165, 1.54) is 0 Å². The van der Waals surface area contributed by atoms with Crippen molar-refractivity contribution in [3.05, 3.63) is 0 Å². The number of thiocarbonyl (C=S) groups is 1. The summed E-state index contributed by atoms with van der Waals surface area (Å²) in [6.45, 7) is 0.924. The molecule has 6 heteroatoms. The summed E-state index contributed by atoms with van der Waals surface area (Å²) in [6.07, 6.45) is 0. The summed E-state index contributed by atoms with van der Waals surface area (Å²) >= 11 is 8.61. The van der Waals surface area contributed by atoms with E-state index in [1.807, 2.05) is 0 Å². The number of rotatable bonds is 4. The van der Waals surface area contributed by atoms with Crippen molar-refractivity contribution in [3.63, 3.8) is 0 Å². The molecule has 0 aliphatic heterocycles. The van der Waals surface area contributed by atoms with Crippen LogP contribution in [-0.4, -0.2) is 45.7 Å². The first-order valence-corrected chi connectivity index (χ1v) is 3.77. The first kappa shape index (κ1) is 14.3. The first-order valence-electron chi connectivity index (χ1n) is 2.92. The van der Waals surface area contributed by atoms with Crippen molar-refractivity contribution in [1.82, 2.24) is 4.90 Å². The molecule has 0 aromatic rings. The Hall–Kier alpha value is 0.783. The second-order valence-corrected chi connectivity index (χ2v) is 2.83. The molecule has 2 N–H and O–H groups in total. The molecule has 0 atom stereocenters. The number of thiol groups is 1. The molecule has 3 nitrogen and oxygen atoms in total. The summed E-state index contributed by atoms with van der Waals surface area (Å²) < 4.78 is 0.406. The second kappa shape index (κ2) is 8.88. The summed E-state index contributed by atoms with van der Waals surface area (Å²) in [4.78, 5) is 1.62. The zero-order chi connectivity index (χ0) is 7.98. The van der Waals surface area contributed by atoms with E-state index in [4.69, 9.17) is 22.4 Å². The van der Waals surface area contributed by atoms with Crippen LogP contribution >= 0.6 is 24.8 Å². The van der Waals surface area contributed by atoms with Crippen LogP contribution in [0.15, 0.2) is 0 Å². The molecular weight excluding hydrogens is 236 g/mol. The third-order valence-corrected chi connectivity index (χ3v) is 1.55. The normalized spacial score (nSPS) is 8.64. The Labute approximate surface area is 89.9 Å². The summed E-state index contributed by atoms with van der Waals surface area (Å²) in [6, 6.07) is 0. The van der Waals surface area contributed by atoms with Crippen LogP contribution in [0, 0.1) is 0 Å². The van der Waals surface area contributed by atoms with Crippen LogP contribution in [0.3, 0.4) is 0 Å². The van der Waals surface area contributed by atoms with Crippen LogP contribution in [-0.2, 0) is 19.5 Å². The van der Waals surface area contributed by atoms with E-state index in [1.54, 1.807) is 4.90 Å². The van der Waals surface area contributed by atoms with E-state index in [2.05, 4.69) is 12.6 Å². The molecule has 0 amide bonds. The zero-order valence-corrected chi connectivity index (χ0v) is 10.9. The van der Waals surface area contributed by atoms with Gasteiger partial charge in [-0.15, -0.1) is 12.6 Å². The van der Waals surface area contributed by atoms with Gasteiger partial charge in [0.05, 0.1) is 13.2 Å². The fraction of sp³-hybridized carbons (Fsp3) is 0.800. The minimum Gasteiger partial charge on any atom is -0.395 e. The average Bonchev–Trinajstić information content (AvgIpc) is 1.87. The Kier molecular flexibility index (Phi) is 11.6. The molecule has 0 spiro atoms. The maximum Gasteiger partial charge on any atom is 0.133 e. The average molecular weight is 247 g/mol. The van der Waals surface area contributed by atoms with Crippen molar-refractivity contribution in [2.24, 2.45) is 0 Å². The van der Waals surface area contributed by atoms with Crippen molar-refractivity contribution >= 4 is 29.2 Å². The maximum atomic E-state index is 8.50. The monoisotopic (exact) mass is 245 g/mol. The minimum absolute atomic E-state index is 0. The molecule has 0 aliphatic carbocycles. The molecule has 0 saturated carbocycles. The predicted octanol–water partition coefficient (Wildman–Crippen LogP) is -0.515. The number of aliphatic hydroxyl groups is 2. The van der Waals surface area contributed by atoms with Crippen molar-refractivity contribution in [3.8, 4) is 0 Å². The molecule has 0 aromatic carbocycles. The van der Waals surface area contributed by atoms with Gasteiger partial charge >= 0.3 is 0 Å². The van der Waals surface area contributed by atoms with Crippen LogP contribution < -0.4 is 0 Å². The zero-order valence-electron chi connectivity index (χ0n) is 6.23. The van der Waals surface area contributed by atoms with Gasteiger partial charge in [0.25, 0.3) is 0 Å². The predicted molar refractivity (Wildman–Crippen MR) is 47.3 cm³/mol. The standard InChI is InChI=1S/C5H11NO2S2.Zn/c7-3-1-6(2-4-8)5(9)10;/h7-8H,1-4H2,(H,9,10);. The smallest absolute Gasteiger partial charge is 0.133 e. The number of aliphatic hydroxyl groups excluding tert-OH is 2. The van der Waals surface area contributed by atoms with Gasteiger partial charge in [0.1, 0.15) is 4.32 Å². The molecule has 11 heavy (non-hydrogen) atoms. The molecule has 62 valence electrons. The van der Waals surface area contributed by atoms with Crippen LogP contribution in [0.4, 0.5) is 0 Å². The summed E-state index contributed by atoms with van der Waals surface area (Å²) in [5, 5.41) is 17.0. The quantitative estimate of drug-likeness (QED) is 0.355. The molecule has 0 unspecified atom stereocenters. The van der Waals surface area contributed by atoms with Gasteiger partial charge in [-0.3, -0.25) is 0 Å². The second-order valence-electron chi connectivity index (χ2n) is 1.72. The van der Waals surface area contributed by atoms with Gasteiger partial charge in [0.15, 0.2) is 0 Å². The Balaban J connectivity index is 0. The fourth-order valence-electron chi connectivity index (χ4n) is 0.545. The van der Waals surface area contributed by atoms with E-state index in [-0.39, 0.29) is 32.7 Å². The minimum atomic E-state index is 0. The molecule has 0 bridgehead atoms. The van der Waals surface area contributed by atoms with Crippen molar-refractivity contribution in [2.45, 2.75) is 0 Å². The molecule has 0 rings (SSSR count). The van der Waals surface area contributed by atoms with Crippen molar-refractivity contribution in [2.75, 3.05) is 26.3 Å². The van der Waals surface area contributed by atoms with Gasteiger partial charge in [-0.25, -0.2) is 0 Å². The Bertz CT molecular complexity index is 109. The van der Waals surface area contributed by atoms with Crippen LogP contribution in [0.5, 0.6) is 0 Å². The Morgan fingerprint density at radius 1 is 1.27 bits per heavy atom. The molecule has 0 radical (unpaired) electrons. The van der Waals surface area contributed by atoms with E-state index in [9.17, 15) is 0 Å². The van der Waals surface area contributed by atoms with Gasteiger partial charge in [-0.05, 0) is 0 Å². The summed E-state index contributed by atoms with van der Waals surface area (Å²) in [5.74, 6) is 0. The third kappa shape index (κ3) is 7.15.